The quantitative estimate of drug-likeness (QED) is 0.323. The van der Waals surface area contributed by atoms with Crippen LogP contribution in [0.2, 0.25) is 0 Å². The molecule has 0 spiro atoms. The van der Waals surface area contributed by atoms with Crippen molar-refractivity contribution in [3.8, 4) is 22.7 Å². The lowest BCUT2D eigenvalue weighted by atomic mass is 10.1. The maximum absolute atomic E-state index is 12.5. The molecule has 0 aliphatic heterocycles. The Labute approximate surface area is 180 Å². The molecular weight excluding hydrogens is 431 g/mol. The van der Waals surface area contributed by atoms with Crippen LogP contribution in [0.4, 0.5) is 18.9 Å². The summed E-state index contributed by atoms with van der Waals surface area (Å²) in [5.41, 5.74) is 1.75. The van der Waals surface area contributed by atoms with Crippen LogP contribution >= 0.6 is 11.8 Å². The highest BCUT2D eigenvalue weighted by Gasteiger charge is 2.31. The predicted molar refractivity (Wildman–Crippen MR) is 110 cm³/mol. The Kier molecular flexibility index (Phi) is 5.90. The van der Waals surface area contributed by atoms with Crippen LogP contribution in [0.5, 0.6) is 5.75 Å². The molecular formula is C21H18F3N3O3S. The molecule has 162 valence electrons. The standard InChI is InChI=1S/C21H18F3N3O3S/c22-21(23,24)30-17-10-8-15(9-11-17)26-19(14-4-3-5-16(12-14)27(28)29)13-25-20(26)31-18-6-1-2-7-18/h3-5,8-13,18H,1-2,6-7H2. The van der Waals surface area contributed by atoms with Crippen LogP contribution in [-0.2, 0) is 0 Å². The summed E-state index contributed by atoms with van der Waals surface area (Å²) in [7, 11) is 0. The van der Waals surface area contributed by atoms with Crippen LogP contribution in [0.25, 0.3) is 16.9 Å². The van der Waals surface area contributed by atoms with Gasteiger partial charge in [0.05, 0.1) is 16.8 Å². The normalized spacial score (nSPS) is 14.7. The first-order chi connectivity index (χ1) is 14.8. The van der Waals surface area contributed by atoms with Gasteiger partial charge in [-0.05, 0) is 37.1 Å². The Morgan fingerprint density at radius 1 is 1.13 bits per heavy atom. The fourth-order valence-electron chi connectivity index (χ4n) is 3.60. The summed E-state index contributed by atoms with van der Waals surface area (Å²) in [4.78, 5) is 15.3. The van der Waals surface area contributed by atoms with Gasteiger partial charge in [-0.1, -0.05) is 36.7 Å². The molecule has 3 aromatic rings. The van der Waals surface area contributed by atoms with Gasteiger partial charge in [-0.15, -0.1) is 13.2 Å². The number of nitrogens with zero attached hydrogens (tertiary/aromatic N) is 3. The minimum atomic E-state index is -4.77. The molecule has 0 saturated heterocycles. The fraction of sp³-hybridized carbons (Fsp3) is 0.286. The van der Waals surface area contributed by atoms with E-state index in [9.17, 15) is 23.3 Å². The second kappa shape index (κ2) is 8.62. The van der Waals surface area contributed by atoms with Gasteiger partial charge in [0.2, 0.25) is 0 Å². The van der Waals surface area contributed by atoms with Crippen molar-refractivity contribution >= 4 is 17.4 Å². The predicted octanol–water partition coefficient (Wildman–Crippen LogP) is 6.38. The number of benzene rings is 2. The number of hydrogen-bond acceptors (Lipinski definition) is 5. The number of hydrogen-bond donors (Lipinski definition) is 0. The minimum Gasteiger partial charge on any atom is -0.406 e. The molecule has 2 aromatic carbocycles. The highest BCUT2D eigenvalue weighted by atomic mass is 32.2. The van der Waals surface area contributed by atoms with Gasteiger partial charge in [-0.25, -0.2) is 4.98 Å². The molecule has 1 fully saturated rings. The smallest absolute Gasteiger partial charge is 0.406 e. The van der Waals surface area contributed by atoms with Gasteiger partial charge in [0.25, 0.3) is 5.69 Å². The van der Waals surface area contributed by atoms with Crippen molar-refractivity contribution in [2.24, 2.45) is 0 Å². The maximum atomic E-state index is 12.5. The monoisotopic (exact) mass is 449 g/mol. The van der Waals surface area contributed by atoms with Gasteiger partial charge >= 0.3 is 6.36 Å². The Balaban J connectivity index is 1.75. The van der Waals surface area contributed by atoms with Gasteiger partial charge < -0.3 is 4.74 Å². The van der Waals surface area contributed by atoms with Crippen LogP contribution in [0.1, 0.15) is 25.7 Å². The first-order valence-corrected chi connectivity index (χ1v) is 10.5. The number of ether oxygens (including phenoxy) is 1. The second-order valence-corrected chi connectivity index (χ2v) is 8.40. The van der Waals surface area contributed by atoms with Crippen LogP contribution in [0.3, 0.4) is 0 Å². The zero-order valence-corrected chi connectivity index (χ0v) is 17.0. The van der Waals surface area contributed by atoms with Crippen molar-refractivity contribution < 1.29 is 22.8 Å². The van der Waals surface area contributed by atoms with E-state index >= 15 is 0 Å². The molecule has 1 aromatic heterocycles. The average molecular weight is 449 g/mol. The third-order valence-corrected chi connectivity index (χ3v) is 6.29. The van der Waals surface area contributed by atoms with Crippen molar-refractivity contribution in [1.29, 1.82) is 0 Å². The van der Waals surface area contributed by atoms with Crippen LogP contribution in [0, 0.1) is 10.1 Å². The SMILES string of the molecule is O=[N+]([O-])c1cccc(-c2cnc(SC3CCCC3)n2-c2ccc(OC(F)(F)F)cc2)c1. The first-order valence-electron chi connectivity index (χ1n) is 9.65. The van der Waals surface area contributed by atoms with Gasteiger partial charge in [-0.2, -0.15) is 0 Å². The number of alkyl halides is 3. The Hall–Kier alpha value is -3.01. The zero-order valence-electron chi connectivity index (χ0n) is 16.2. The average Bonchev–Trinajstić information content (AvgIpc) is 3.38. The van der Waals surface area contributed by atoms with Crippen molar-refractivity contribution in [1.82, 2.24) is 9.55 Å². The summed E-state index contributed by atoms with van der Waals surface area (Å²) < 4.78 is 43.3. The van der Waals surface area contributed by atoms with Crippen LogP contribution in [0.15, 0.2) is 59.9 Å². The summed E-state index contributed by atoms with van der Waals surface area (Å²) >= 11 is 1.62. The number of non-ortho nitro benzene ring substituents is 1. The highest BCUT2D eigenvalue weighted by molar-refractivity contribution is 7.99. The molecule has 6 nitrogen and oxygen atoms in total. The van der Waals surface area contributed by atoms with E-state index in [-0.39, 0.29) is 11.4 Å². The molecule has 0 N–H and O–H groups in total. The van der Waals surface area contributed by atoms with Gasteiger partial charge in [0.1, 0.15) is 5.75 Å². The van der Waals surface area contributed by atoms with E-state index in [1.807, 2.05) is 4.57 Å². The lowest BCUT2D eigenvalue weighted by Gasteiger charge is -2.15. The lowest BCUT2D eigenvalue weighted by molar-refractivity contribution is -0.384. The molecule has 31 heavy (non-hydrogen) atoms. The number of nitro groups is 1. The van der Waals surface area contributed by atoms with Crippen LogP contribution in [-0.4, -0.2) is 26.1 Å². The van der Waals surface area contributed by atoms with E-state index in [2.05, 4.69) is 9.72 Å². The molecule has 0 bridgehead atoms. The summed E-state index contributed by atoms with van der Waals surface area (Å²) in [5, 5.41) is 12.3. The van der Waals surface area contributed by atoms with E-state index in [0.717, 1.165) is 25.7 Å². The summed E-state index contributed by atoms with van der Waals surface area (Å²) in [6.45, 7) is 0. The number of rotatable bonds is 6. The summed E-state index contributed by atoms with van der Waals surface area (Å²) in [6, 6.07) is 11.7. The zero-order chi connectivity index (χ0) is 22.0. The number of nitro benzene ring substituents is 1. The highest BCUT2D eigenvalue weighted by Crippen LogP contribution is 2.38. The molecule has 1 saturated carbocycles. The molecule has 0 atom stereocenters. The summed E-state index contributed by atoms with van der Waals surface area (Å²) in [6.07, 6.45) is 1.31. The third kappa shape index (κ3) is 5.01. The van der Waals surface area contributed by atoms with Gasteiger partial charge in [0.15, 0.2) is 5.16 Å². The Morgan fingerprint density at radius 2 is 1.84 bits per heavy atom. The molecule has 0 amide bonds. The van der Waals surface area contributed by atoms with E-state index in [1.165, 1.54) is 36.4 Å². The maximum Gasteiger partial charge on any atom is 0.573 e. The molecule has 10 heteroatoms. The molecule has 0 unspecified atom stereocenters. The van der Waals surface area contributed by atoms with E-state index < -0.39 is 11.3 Å². The van der Waals surface area contributed by atoms with Crippen molar-refractivity contribution in [3.05, 3.63) is 64.8 Å². The van der Waals surface area contributed by atoms with E-state index in [1.54, 1.807) is 30.1 Å². The minimum absolute atomic E-state index is 0.0517. The second-order valence-electron chi connectivity index (χ2n) is 7.13. The number of aromatic nitrogens is 2. The van der Waals surface area contributed by atoms with Crippen LogP contribution < -0.4 is 4.74 Å². The number of imidazole rings is 1. The van der Waals surface area contributed by atoms with Gasteiger partial charge in [0, 0.05) is 28.6 Å². The van der Waals surface area contributed by atoms with Gasteiger partial charge in [-0.3, -0.25) is 14.7 Å². The Morgan fingerprint density at radius 3 is 2.48 bits per heavy atom. The molecule has 1 heterocycles. The largest absolute Gasteiger partial charge is 0.573 e. The van der Waals surface area contributed by atoms with E-state index in [0.29, 0.717) is 27.4 Å². The molecule has 0 radical (unpaired) electrons. The third-order valence-electron chi connectivity index (χ3n) is 4.98. The number of thioether (sulfide) groups is 1. The van der Waals surface area contributed by atoms with Crippen molar-refractivity contribution in [2.75, 3.05) is 0 Å². The molecule has 4 rings (SSSR count). The lowest BCUT2D eigenvalue weighted by Crippen LogP contribution is -2.17. The van der Waals surface area contributed by atoms with Crippen molar-refractivity contribution in [3.63, 3.8) is 0 Å². The molecule has 1 aliphatic carbocycles. The fourth-order valence-corrected chi connectivity index (χ4v) is 4.89. The van der Waals surface area contributed by atoms with E-state index in [4.69, 9.17) is 0 Å². The topological polar surface area (TPSA) is 70.2 Å². The first kappa shape index (κ1) is 21.2. The number of halogens is 3. The summed E-state index contributed by atoms with van der Waals surface area (Å²) in [5.74, 6) is -0.321. The molecule has 1 aliphatic rings. The van der Waals surface area contributed by atoms with Crippen molar-refractivity contribution in [2.45, 2.75) is 42.5 Å². The Bertz CT molecular complexity index is 1080.